The third kappa shape index (κ3) is 10.5. The van der Waals surface area contributed by atoms with Crippen molar-refractivity contribution in [3.63, 3.8) is 0 Å². The van der Waals surface area contributed by atoms with Gasteiger partial charge in [0.2, 0.25) is 10.0 Å². The first kappa shape index (κ1) is 34.3. The standard InChI is InChI=1S/C33H41N3O5S.ClH/c1-3-4-21-42(39,40)35-31(33(38)41-2)22-25-13-15-30(16-14-25)34-32(37)29-12-8-11-28(23-29)27-17-19-36(20-18-27)24-26-9-6-5-7-10-26;/h5-16,23,27,31,35H,3-4,17-22,24H2,1-2H3,(H,34,37);1H. The van der Waals surface area contributed by atoms with Crippen LogP contribution in [0.2, 0.25) is 0 Å². The van der Waals surface area contributed by atoms with E-state index < -0.39 is 22.0 Å². The second-order valence-corrected chi connectivity index (χ2v) is 12.8. The number of hydrogen-bond donors (Lipinski definition) is 2. The van der Waals surface area contributed by atoms with E-state index in [0.29, 0.717) is 23.6 Å². The molecule has 0 radical (unpaired) electrons. The van der Waals surface area contributed by atoms with Crippen molar-refractivity contribution in [2.24, 2.45) is 0 Å². The highest BCUT2D eigenvalue weighted by Gasteiger charge is 2.25. The number of unbranched alkanes of at least 4 members (excludes halogenated alkanes) is 1. The second-order valence-electron chi connectivity index (χ2n) is 10.9. The molecule has 1 fully saturated rings. The van der Waals surface area contributed by atoms with Crippen molar-refractivity contribution in [1.29, 1.82) is 0 Å². The smallest absolute Gasteiger partial charge is 0.324 e. The van der Waals surface area contributed by atoms with Gasteiger partial charge in [-0.2, -0.15) is 0 Å². The number of methoxy groups -OCH3 is 1. The van der Waals surface area contributed by atoms with E-state index in [9.17, 15) is 18.0 Å². The monoisotopic (exact) mass is 627 g/mol. The number of hydrogen-bond acceptors (Lipinski definition) is 6. The van der Waals surface area contributed by atoms with Gasteiger partial charge in [-0.1, -0.05) is 67.9 Å². The molecular weight excluding hydrogens is 586 g/mol. The average Bonchev–Trinajstić information content (AvgIpc) is 3.01. The number of halogens is 1. The van der Waals surface area contributed by atoms with E-state index in [1.165, 1.54) is 18.2 Å². The molecule has 1 amide bonds. The van der Waals surface area contributed by atoms with Gasteiger partial charge in [0.25, 0.3) is 5.91 Å². The first-order valence-corrected chi connectivity index (χ1v) is 16.3. The Labute approximate surface area is 261 Å². The summed E-state index contributed by atoms with van der Waals surface area (Å²) in [5, 5.41) is 2.95. The molecule has 0 spiro atoms. The molecule has 1 aliphatic rings. The number of esters is 1. The van der Waals surface area contributed by atoms with Crippen LogP contribution in [0.1, 0.15) is 65.6 Å². The average molecular weight is 628 g/mol. The highest BCUT2D eigenvalue weighted by molar-refractivity contribution is 7.89. The minimum atomic E-state index is -3.61. The fraction of sp³-hybridized carbons (Fsp3) is 0.394. The highest BCUT2D eigenvalue weighted by Crippen LogP contribution is 2.29. The summed E-state index contributed by atoms with van der Waals surface area (Å²) in [7, 11) is -2.38. The number of piperidine rings is 1. The SMILES string of the molecule is CCCCS(=O)(=O)NC(Cc1ccc(NC(=O)c2cccc(C3CCN(Cc4ccccc4)CC3)c2)cc1)C(=O)OC.Cl. The second kappa shape index (κ2) is 16.6. The summed E-state index contributed by atoms with van der Waals surface area (Å²) in [6, 6.07) is 24.4. The van der Waals surface area contributed by atoms with Crippen LogP contribution in [-0.2, 0) is 32.5 Å². The summed E-state index contributed by atoms with van der Waals surface area (Å²) in [6.07, 6.45) is 3.49. The Morgan fingerprint density at radius 1 is 0.953 bits per heavy atom. The third-order valence-electron chi connectivity index (χ3n) is 7.68. The first-order valence-electron chi connectivity index (χ1n) is 14.6. The number of likely N-dealkylation sites (tertiary alicyclic amines) is 1. The van der Waals surface area contributed by atoms with Crippen LogP contribution in [0, 0.1) is 0 Å². The first-order chi connectivity index (χ1) is 20.3. The van der Waals surface area contributed by atoms with Crippen LogP contribution < -0.4 is 10.0 Å². The molecule has 3 aromatic rings. The minimum Gasteiger partial charge on any atom is -0.468 e. The lowest BCUT2D eigenvalue weighted by atomic mass is 9.88. The van der Waals surface area contributed by atoms with Crippen LogP contribution in [0.5, 0.6) is 0 Å². The highest BCUT2D eigenvalue weighted by atomic mass is 35.5. The number of sulfonamides is 1. The lowest BCUT2D eigenvalue weighted by Crippen LogP contribution is -2.43. The molecule has 0 aliphatic carbocycles. The Morgan fingerprint density at radius 2 is 1.65 bits per heavy atom. The minimum absolute atomic E-state index is 0. The van der Waals surface area contributed by atoms with Gasteiger partial charge in [-0.15, -0.1) is 12.4 Å². The van der Waals surface area contributed by atoms with Crippen molar-refractivity contribution >= 4 is 40.0 Å². The van der Waals surface area contributed by atoms with Gasteiger partial charge in [0, 0.05) is 17.8 Å². The zero-order valence-corrected chi connectivity index (χ0v) is 26.5. The van der Waals surface area contributed by atoms with Crippen LogP contribution in [0.25, 0.3) is 0 Å². The van der Waals surface area contributed by atoms with E-state index in [4.69, 9.17) is 4.74 Å². The van der Waals surface area contributed by atoms with Crippen molar-refractivity contribution in [2.75, 3.05) is 31.3 Å². The lowest BCUT2D eigenvalue weighted by Gasteiger charge is -2.32. The van der Waals surface area contributed by atoms with Gasteiger partial charge in [-0.3, -0.25) is 14.5 Å². The van der Waals surface area contributed by atoms with E-state index in [1.54, 1.807) is 24.3 Å². The Kier molecular flexibility index (Phi) is 13.2. The molecule has 1 unspecified atom stereocenters. The summed E-state index contributed by atoms with van der Waals surface area (Å²) in [5.74, 6) is -0.459. The summed E-state index contributed by atoms with van der Waals surface area (Å²) >= 11 is 0. The fourth-order valence-corrected chi connectivity index (χ4v) is 6.69. The fourth-order valence-electron chi connectivity index (χ4n) is 5.29. The van der Waals surface area contributed by atoms with E-state index in [0.717, 1.165) is 44.5 Å². The zero-order valence-electron chi connectivity index (χ0n) is 24.8. The number of rotatable bonds is 13. The van der Waals surface area contributed by atoms with Crippen LogP contribution in [-0.4, -0.2) is 57.2 Å². The maximum Gasteiger partial charge on any atom is 0.324 e. The van der Waals surface area contributed by atoms with E-state index in [-0.39, 0.29) is 30.5 Å². The van der Waals surface area contributed by atoms with E-state index >= 15 is 0 Å². The van der Waals surface area contributed by atoms with Crippen LogP contribution in [0.4, 0.5) is 5.69 Å². The molecule has 3 aromatic carbocycles. The Hall–Kier alpha value is -3.24. The molecule has 1 heterocycles. The van der Waals surface area contributed by atoms with E-state index in [1.807, 2.05) is 31.2 Å². The summed E-state index contributed by atoms with van der Waals surface area (Å²) in [6.45, 7) is 4.92. The third-order valence-corrected chi connectivity index (χ3v) is 9.15. The normalized spacial score (nSPS) is 14.8. The Bertz CT molecular complexity index is 1430. The zero-order chi connectivity index (χ0) is 30.0. The summed E-state index contributed by atoms with van der Waals surface area (Å²) in [4.78, 5) is 27.8. The van der Waals surface area contributed by atoms with Crippen LogP contribution in [0.3, 0.4) is 0 Å². The number of nitrogens with zero attached hydrogens (tertiary/aromatic N) is 1. The van der Waals surface area contributed by atoms with Crippen LogP contribution in [0.15, 0.2) is 78.9 Å². The van der Waals surface area contributed by atoms with Gasteiger partial charge >= 0.3 is 5.97 Å². The number of anilines is 1. The number of nitrogens with one attached hydrogen (secondary N) is 2. The molecule has 4 rings (SSSR count). The summed E-state index contributed by atoms with van der Waals surface area (Å²) < 4.78 is 32.0. The topological polar surface area (TPSA) is 105 Å². The number of carbonyl (C=O) groups excluding carboxylic acids is 2. The molecule has 2 N–H and O–H groups in total. The molecule has 1 aliphatic heterocycles. The van der Waals surface area contributed by atoms with Crippen molar-refractivity contribution in [1.82, 2.24) is 9.62 Å². The number of amides is 1. The van der Waals surface area contributed by atoms with Gasteiger partial charge < -0.3 is 10.1 Å². The molecule has 1 saturated heterocycles. The molecule has 1 atom stereocenters. The van der Waals surface area contributed by atoms with E-state index in [2.05, 4.69) is 45.3 Å². The van der Waals surface area contributed by atoms with Crippen molar-refractivity contribution in [3.05, 3.63) is 101 Å². The molecule has 10 heteroatoms. The predicted octanol–water partition coefficient (Wildman–Crippen LogP) is 5.54. The van der Waals surface area contributed by atoms with Crippen molar-refractivity contribution in [3.8, 4) is 0 Å². The van der Waals surface area contributed by atoms with Gasteiger partial charge in [0.1, 0.15) is 6.04 Å². The van der Waals surface area contributed by atoms with Gasteiger partial charge in [0.05, 0.1) is 12.9 Å². The number of carbonyl (C=O) groups is 2. The van der Waals surface area contributed by atoms with Gasteiger partial charge in [-0.25, -0.2) is 13.1 Å². The molecule has 0 saturated carbocycles. The number of benzene rings is 3. The molecule has 43 heavy (non-hydrogen) atoms. The summed E-state index contributed by atoms with van der Waals surface area (Å²) in [5.41, 5.74) is 4.48. The van der Waals surface area contributed by atoms with Crippen LogP contribution >= 0.6 is 12.4 Å². The maximum atomic E-state index is 13.1. The molecular formula is C33H42ClN3O5S. The van der Waals surface area contributed by atoms with Crippen molar-refractivity contribution < 1.29 is 22.7 Å². The molecule has 0 aromatic heterocycles. The largest absolute Gasteiger partial charge is 0.468 e. The molecule has 232 valence electrons. The molecule has 8 nitrogen and oxygen atoms in total. The lowest BCUT2D eigenvalue weighted by molar-refractivity contribution is -0.142. The predicted molar refractivity (Wildman–Crippen MR) is 173 cm³/mol. The van der Waals surface area contributed by atoms with Gasteiger partial charge in [-0.05, 0) is 85.6 Å². The van der Waals surface area contributed by atoms with Gasteiger partial charge in [0.15, 0.2) is 0 Å². The van der Waals surface area contributed by atoms with Crippen molar-refractivity contribution in [2.45, 2.75) is 57.5 Å². The molecule has 0 bridgehead atoms. The Balaban J connectivity index is 0.00000506. The maximum absolute atomic E-state index is 13.1. The quantitative estimate of drug-likeness (QED) is 0.241. The number of ether oxygens (including phenoxy) is 1. The Morgan fingerprint density at radius 3 is 2.30 bits per heavy atom.